The summed E-state index contributed by atoms with van der Waals surface area (Å²) >= 11 is 0. The Morgan fingerprint density at radius 3 is 2.69 bits per heavy atom. The largest absolute Gasteiger partial charge is 0.439 e. The number of benzene rings is 1. The van der Waals surface area contributed by atoms with Crippen molar-refractivity contribution in [2.45, 2.75) is 25.8 Å². The molecule has 0 bridgehead atoms. The van der Waals surface area contributed by atoms with Gasteiger partial charge < -0.3 is 15.0 Å². The van der Waals surface area contributed by atoms with Crippen molar-refractivity contribution in [2.24, 2.45) is 12.0 Å². The van der Waals surface area contributed by atoms with Gasteiger partial charge >= 0.3 is 0 Å². The molecule has 0 spiro atoms. The van der Waals surface area contributed by atoms with Crippen LogP contribution in [-0.2, 0) is 13.6 Å². The van der Waals surface area contributed by atoms with Crippen LogP contribution >= 0.6 is 24.0 Å². The van der Waals surface area contributed by atoms with E-state index < -0.39 is 0 Å². The molecular formula is C23H28FIN6O. The van der Waals surface area contributed by atoms with Gasteiger partial charge in [0.25, 0.3) is 0 Å². The van der Waals surface area contributed by atoms with Gasteiger partial charge in [0.2, 0.25) is 5.88 Å². The van der Waals surface area contributed by atoms with Crippen LogP contribution < -0.4 is 10.1 Å². The summed E-state index contributed by atoms with van der Waals surface area (Å²) in [6.07, 6.45) is 6.90. The van der Waals surface area contributed by atoms with E-state index in [1.165, 1.54) is 17.7 Å². The van der Waals surface area contributed by atoms with Crippen LogP contribution in [0.15, 0.2) is 60.0 Å². The lowest BCUT2D eigenvalue weighted by Gasteiger charge is -2.21. The Balaban J connectivity index is 0.00000289. The number of nitrogens with one attached hydrogen (secondary N) is 1. The Bertz CT molecular complexity index is 1020. The van der Waals surface area contributed by atoms with Crippen molar-refractivity contribution in [1.29, 1.82) is 0 Å². The van der Waals surface area contributed by atoms with Gasteiger partial charge in [0, 0.05) is 51.1 Å². The number of halogens is 2. The average molecular weight is 550 g/mol. The van der Waals surface area contributed by atoms with Crippen LogP contribution in [0.3, 0.4) is 0 Å². The number of pyridine rings is 1. The predicted octanol–water partition coefficient (Wildman–Crippen LogP) is 4.32. The van der Waals surface area contributed by atoms with E-state index >= 15 is 0 Å². The molecular weight excluding hydrogens is 522 g/mol. The second-order valence-electron chi connectivity index (χ2n) is 7.61. The molecule has 1 aliphatic rings. The number of aromatic nitrogens is 3. The molecule has 2 aromatic heterocycles. The molecule has 1 atom stereocenters. The van der Waals surface area contributed by atoms with Crippen LogP contribution in [0.4, 0.5) is 4.39 Å². The third-order valence-electron chi connectivity index (χ3n) is 5.26. The molecule has 1 fully saturated rings. The van der Waals surface area contributed by atoms with E-state index in [4.69, 9.17) is 9.73 Å². The lowest BCUT2D eigenvalue weighted by molar-refractivity contribution is 0.461. The number of hydrogen-bond donors (Lipinski definition) is 1. The molecule has 1 N–H and O–H groups in total. The zero-order valence-corrected chi connectivity index (χ0v) is 20.6. The fourth-order valence-electron chi connectivity index (χ4n) is 3.66. The lowest BCUT2D eigenvalue weighted by Crippen LogP contribution is -2.40. The van der Waals surface area contributed by atoms with Crippen LogP contribution in [0.1, 0.15) is 30.4 Å². The number of ether oxygens (including phenoxy) is 1. The van der Waals surface area contributed by atoms with Gasteiger partial charge in [0.05, 0.1) is 12.7 Å². The molecule has 3 heterocycles. The molecule has 0 saturated carbocycles. The number of nitrogens with zero attached hydrogens (tertiary/aromatic N) is 5. The molecule has 0 amide bonds. The maximum atomic E-state index is 13.0. The molecule has 3 aromatic rings. The summed E-state index contributed by atoms with van der Waals surface area (Å²) in [4.78, 5) is 11.5. The standard InChI is InChI=1S/C23H27FN6O.HI/c1-3-25-23(30-11-10-18(16-30)19-14-28-29(2)15-19)27-13-17-4-9-22(26-12-17)31-21-7-5-20(24)6-8-21;/h4-9,12,14-15,18H,3,10-11,13,16H2,1-2H3,(H,25,27);1H. The van der Waals surface area contributed by atoms with Crippen LogP contribution in [0, 0.1) is 5.82 Å². The minimum absolute atomic E-state index is 0. The first-order valence-corrected chi connectivity index (χ1v) is 10.5. The van der Waals surface area contributed by atoms with E-state index in [2.05, 4.69) is 33.4 Å². The lowest BCUT2D eigenvalue weighted by atomic mass is 10.0. The number of aryl methyl sites for hydroxylation is 1. The highest BCUT2D eigenvalue weighted by Gasteiger charge is 2.26. The van der Waals surface area contributed by atoms with Crippen molar-refractivity contribution in [3.8, 4) is 11.6 Å². The fourth-order valence-corrected chi connectivity index (χ4v) is 3.66. The molecule has 32 heavy (non-hydrogen) atoms. The number of likely N-dealkylation sites (tertiary alicyclic amines) is 1. The zero-order valence-electron chi connectivity index (χ0n) is 18.2. The Labute approximate surface area is 204 Å². The van der Waals surface area contributed by atoms with Gasteiger partial charge in [-0.3, -0.25) is 4.68 Å². The molecule has 4 rings (SSSR count). The zero-order chi connectivity index (χ0) is 21.6. The van der Waals surface area contributed by atoms with Crippen molar-refractivity contribution in [2.75, 3.05) is 19.6 Å². The molecule has 1 unspecified atom stereocenters. The average Bonchev–Trinajstić information content (AvgIpc) is 3.43. The summed E-state index contributed by atoms with van der Waals surface area (Å²) < 4.78 is 20.5. The van der Waals surface area contributed by atoms with E-state index in [-0.39, 0.29) is 29.8 Å². The quantitative estimate of drug-likeness (QED) is 0.282. The minimum atomic E-state index is -0.297. The van der Waals surface area contributed by atoms with Crippen molar-refractivity contribution >= 4 is 29.9 Å². The molecule has 1 aromatic carbocycles. The van der Waals surface area contributed by atoms with E-state index in [1.54, 1.807) is 24.4 Å². The van der Waals surface area contributed by atoms with Crippen molar-refractivity contribution in [1.82, 2.24) is 25.0 Å². The normalized spacial score (nSPS) is 16.0. The highest BCUT2D eigenvalue weighted by Crippen LogP contribution is 2.27. The molecule has 0 radical (unpaired) electrons. The topological polar surface area (TPSA) is 67.6 Å². The monoisotopic (exact) mass is 550 g/mol. The minimum Gasteiger partial charge on any atom is -0.439 e. The maximum absolute atomic E-state index is 13.0. The predicted molar refractivity (Wildman–Crippen MR) is 133 cm³/mol. The number of guanidine groups is 1. The van der Waals surface area contributed by atoms with Crippen molar-refractivity contribution < 1.29 is 9.13 Å². The second-order valence-corrected chi connectivity index (χ2v) is 7.61. The van der Waals surface area contributed by atoms with Gasteiger partial charge in [-0.2, -0.15) is 5.10 Å². The summed E-state index contributed by atoms with van der Waals surface area (Å²) in [5.74, 6) is 2.11. The molecule has 0 aliphatic carbocycles. The highest BCUT2D eigenvalue weighted by molar-refractivity contribution is 14.0. The molecule has 170 valence electrons. The van der Waals surface area contributed by atoms with Gasteiger partial charge in [0.1, 0.15) is 11.6 Å². The van der Waals surface area contributed by atoms with Gasteiger partial charge in [-0.25, -0.2) is 14.4 Å². The Kier molecular flexibility index (Phi) is 8.43. The molecule has 1 aliphatic heterocycles. The first kappa shape index (κ1) is 24.0. The summed E-state index contributed by atoms with van der Waals surface area (Å²) in [5.41, 5.74) is 2.27. The molecule has 7 nitrogen and oxygen atoms in total. The number of rotatable bonds is 6. The van der Waals surface area contributed by atoms with E-state index in [9.17, 15) is 4.39 Å². The smallest absolute Gasteiger partial charge is 0.219 e. The number of hydrogen-bond acceptors (Lipinski definition) is 4. The first-order valence-electron chi connectivity index (χ1n) is 10.5. The van der Waals surface area contributed by atoms with Gasteiger partial charge in [-0.15, -0.1) is 24.0 Å². The molecule has 1 saturated heterocycles. The van der Waals surface area contributed by atoms with Crippen molar-refractivity contribution in [3.05, 3.63) is 71.9 Å². The van der Waals surface area contributed by atoms with Crippen LogP contribution in [0.25, 0.3) is 0 Å². The summed E-state index contributed by atoms with van der Waals surface area (Å²) in [6.45, 7) is 5.32. The van der Waals surface area contributed by atoms with E-state index in [0.717, 1.165) is 37.6 Å². The summed E-state index contributed by atoms with van der Waals surface area (Å²) in [7, 11) is 1.95. The first-order chi connectivity index (χ1) is 15.1. The van der Waals surface area contributed by atoms with Gasteiger partial charge in [0.15, 0.2) is 5.96 Å². The van der Waals surface area contributed by atoms with Crippen LogP contribution in [0.5, 0.6) is 11.6 Å². The molecule has 9 heteroatoms. The third-order valence-corrected chi connectivity index (χ3v) is 5.26. The summed E-state index contributed by atoms with van der Waals surface area (Å²) in [5, 5.41) is 7.70. The van der Waals surface area contributed by atoms with Crippen molar-refractivity contribution in [3.63, 3.8) is 0 Å². The van der Waals surface area contributed by atoms with Gasteiger partial charge in [-0.05, 0) is 48.7 Å². The number of aliphatic imine (C=N–C) groups is 1. The Morgan fingerprint density at radius 2 is 2.03 bits per heavy atom. The maximum Gasteiger partial charge on any atom is 0.219 e. The fraction of sp³-hybridized carbons (Fsp3) is 0.348. The van der Waals surface area contributed by atoms with E-state index in [0.29, 0.717) is 24.1 Å². The Hall–Kier alpha value is -2.69. The van der Waals surface area contributed by atoms with E-state index in [1.807, 2.05) is 24.0 Å². The Morgan fingerprint density at radius 1 is 1.22 bits per heavy atom. The van der Waals surface area contributed by atoms with Crippen LogP contribution in [-0.4, -0.2) is 45.3 Å². The van der Waals surface area contributed by atoms with Gasteiger partial charge in [-0.1, -0.05) is 6.07 Å². The highest BCUT2D eigenvalue weighted by atomic mass is 127. The third kappa shape index (κ3) is 6.18. The summed E-state index contributed by atoms with van der Waals surface area (Å²) in [6, 6.07) is 9.62. The van der Waals surface area contributed by atoms with Crippen LogP contribution in [0.2, 0.25) is 0 Å². The second kappa shape index (κ2) is 11.3. The SMILES string of the molecule is CCNC(=NCc1ccc(Oc2ccc(F)cc2)nc1)N1CCC(c2cnn(C)c2)C1.I.